The van der Waals surface area contributed by atoms with Gasteiger partial charge in [0.2, 0.25) is 5.91 Å². The molecule has 0 aliphatic carbocycles. The third kappa shape index (κ3) is 9.28. The van der Waals surface area contributed by atoms with E-state index in [0.717, 1.165) is 37.5 Å². The van der Waals surface area contributed by atoms with Gasteiger partial charge in [0, 0.05) is 57.9 Å². The van der Waals surface area contributed by atoms with Gasteiger partial charge in [-0.05, 0) is 32.9 Å². The van der Waals surface area contributed by atoms with Crippen LogP contribution < -0.4 is 15.4 Å². The summed E-state index contributed by atoms with van der Waals surface area (Å²) in [5.41, 5.74) is 0.883. The second kappa shape index (κ2) is 13.9. The number of aliphatic imine (C=N–C) groups is 1. The van der Waals surface area contributed by atoms with E-state index in [1.54, 1.807) is 7.11 Å². The van der Waals surface area contributed by atoms with Crippen LogP contribution in [0.2, 0.25) is 0 Å². The summed E-state index contributed by atoms with van der Waals surface area (Å²) in [5, 5.41) is 6.46. The summed E-state index contributed by atoms with van der Waals surface area (Å²) in [6.45, 7) is 9.92. The van der Waals surface area contributed by atoms with Crippen LogP contribution in [0.3, 0.4) is 0 Å². The summed E-state index contributed by atoms with van der Waals surface area (Å²) in [7, 11) is 1.68. The lowest BCUT2D eigenvalue weighted by molar-refractivity contribution is -0.130. The molecule has 0 bridgehead atoms. The third-order valence-electron chi connectivity index (χ3n) is 3.91. The summed E-state index contributed by atoms with van der Waals surface area (Å²) in [5.74, 6) is 1.58. The largest absolute Gasteiger partial charge is 0.493 e. The zero-order valence-electron chi connectivity index (χ0n) is 17.1. The van der Waals surface area contributed by atoms with Gasteiger partial charge in [0.15, 0.2) is 5.96 Å². The van der Waals surface area contributed by atoms with Crippen LogP contribution in [0.5, 0.6) is 5.75 Å². The lowest BCUT2D eigenvalue weighted by Crippen LogP contribution is -2.32. The molecule has 0 radical (unpaired) electrons. The average molecular weight is 379 g/mol. The Morgan fingerprint density at radius 3 is 2.63 bits per heavy atom. The first kappa shape index (κ1) is 22.8. The summed E-state index contributed by atoms with van der Waals surface area (Å²) in [6, 6.07) is 7.74. The molecular formula is C20H34N4O3. The number of amides is 1. The number of carbonyl (C=O) groups is 1. The highest BCUT2D eigenvalue weighted by molar-refractivity contribution is 5.93. The minimum absolute atomic E-state index is 0.131. The van der Waals surface area contributed by atoms with Crippen molar-refractivity contribution in [2.24, 2.45) is 4.99 Å². The zero-order chi connectivity index (χ0) is 19.9. The second-order valence-corrected chi connectivity index (χ2v) is 5.92. The number of methoxy groups -OCH3 is 1. The maximum absolute atomic E-state index is 12.1. The maximum Gasteiger partial charge on any atom is 0.224 e. The van der Waals surface area contributed by atoms with E-state index in [9.17, 15) is 4.79 Å². The van der Waals surface area contributed by atoms with Gasteiger partial charge >= 0.3 is 0 Å². The molecule has 152 valence electrons. The van der Waals surface area contributed by atoms with Crippen LogP contribution in [-0.2, 0) is 9.53 Å². The van der Waals surface area contributed by atoms with Crippen molar-refractivity contribution in [2.45, 2.75) is 33.6 Å². The highest BCUT2D eigenvalue weighted by atomic mass is 16.5. The van der Waals surface area contributed by atoms with Crippen molar-refractivity contribution in [1.29, 1.82) is 0 Å². The molecule has 0 spiro atoms. The molecule has 0 unspecified atom stereocenters. The van der Waals surface area contributed by atoms with Crippen molar-refractivity contribution in [2.75, 3.05) is 51.8 Å². The van der Waals surface area contributed by atoms with Crippen LogP contribution in [0.1, 0.15) is 33.6 Å². The fraction of sp³-hybridized carbons (Fsp3) is 0.600. The van der Waals surface area contributed by atoms with E-state index in [-0.39, 0.29) is 5.91 Å². The summed E-state index contributed by atoms with van der Waals surface area (Å²) in [6.07, 6.45) is 1.25. The van der Waals surface area contributed by atoms with E-state index in [2.05, 4.69) is 15.6 Å². The Morgan fingerprint density at radius 1 is 1.19 bits per heavy atom. The molecule has 27 heavy (non-hydrogen) atoms. The summed E-state index contributed by atoms with van der Waals surface area (Å²) >= 11 is 0. The highest BCUT2D eigenvalue weighted by Crippen LogP contribution is 2.17. The normalized spacial score (nSPS) is 11.2. The van der Waals surface area contributed by atoms with E-state index in [4.69, 9.17) is 9.47 Å². The molecule has 7 nitrogen and oxygen atoms in total. The molecule has 0 aromatic heterocycles. The van der Waals surface area contributed by atoms with Gasteiger partial charge in [0.1, 0.15) is 5.75 Å². The number of ether oxygens (including phenoxy) is 2. The SMILES string of the molecule is CCNC(=NCCC(=O)N(CC)CC)Nc1cccc(OCCCOC)c1. The molecule has 1 aromatic carbocycles. The Hall–Kier alpha value is -2.28. The van der Waals surface area contributed by atoms with Gasteiger partial charge in [0.05, 0.1) is 13.2 Å². The van der Waals surface area contributed by atoms with Crippen molar-refractivity contribution < 1.29 is 14.3 Å². The van der Waals surface area contributed by atoms with Gasteiger partial charge in [-0.25, -0.2) is 0 Å². The second-order valence-electron chi connectivity index (χ2n) is 5.92. The molecule has 0 aliphatic heterocycles. The standard InChI is InChI=1S/C20H34N4O3/c1-5-21-20(22-13-12-19(25)24(6-2)7-3)23-17-10-8-11-18(16-17)27-15-9-14-26-4/h8,10-11,16H,5-7,9,12-15H2,1-4H3,(H2,21,22,23). The molecule has 7 heteroatoms. The molecule has 0 aliphatic rings. The van der Waals surface area contributed by atoms with Crippen LogP contribution >= 0.6 is 0 Å². The number of nitrogens with one attached hydrogen (secondary N) is 2. The zero-order valence-corrected chi connectivity index (χ0v) is 17.1. The molecular weight excluding hydrogens is 344 g/mol. The minimum Gasteiger partial charge on any atom is -0.493 e. The molecule has 0 saturated carbocycles. The first-order valence-corrected chi connectivity index (χ1v) is 9.69. The third-order valence-corrected chi connectivity index (χ3v) is 3.91. The van der Waals surface area contributed by atoms with Crippen LogP contribution in [-0.4, -0.2) is 63.3 Å². The number of rotatable bonds is 12. The number of hydrogen-bond acceptors (Lipinski definition) is 4. The molecule has 0 fully saturated rings. The Kier molecular flexibility index (Phi) is 11.7. The van der Waals surface area contributed by atoms with E-state index in [1.807, 2.05) is 49.9 Å². The smallest absolute Gasteiger partial charge is 0.224 e. The lowest BCUT2D eigenvalue weighted by atomic mass is 10.3. The fourth-order valence-electron chi connectivity index (χ4n) is 2.50. The fourth-order valence-corrected chi connectivity index (χ4v) is 2.50. The molecule has 1 rings (SSSR count). The highest BCUT2D eigenvalue weighted by Gasteiger charge is 2.08. The molecule has 0 heterocycles. The maximum atomic E-state index is 12.1. The van der Waals surface area contributed by atoms with Crippen LogP contribution in [0, 0.1) is 0 Å². The molecule has 0 atom stereocenters. The minimum atomic E-state index is 0.131. The summed E-state index contributed by atoms with van der Waals surface area (Å²) < 4.78 is 10.7. The van der Waals surface area contributed by atoms with E-state index in [0.29, 0.717) is 32.1 Å². The van der Waals surface area contributed by atoms with Crippen LogP contribution in [0.25, 0.3) is 0 Å². The first-order chi connectivity index (χ1) is 13.1. The quantitative estimate of drug-likeness (QED) is 0.332. The Labute approximate surface area is 163 Å². The molecule has 1 aromatic rings. The Balaban J connectivity index is 2.61. The van der Waals surface area contributed by atoms with Gasteiger partial charge in [0.25, 0.3) is 0 Å². The van der Waals surface area contributed by atoms with Gasteiger partial charge in [-0.15, -0.1) is 0 Å². The predicted molar refractivity (Wildman–Crippen MR) is 111 cm³/mol. The van der Waals surface area contributed by atoms with Crippen LogP contribution in [0.15, 0.2) is 29.3 Å². The first-order valence-electron chi connectivity index (χ1n) is 9.69. The van der Waals surface area contributed by atoms with Crippen molar-refractivity contribution in [3.63, 3.8) is 0 Å². The number of carbonyl (C=O) groups excluding carboxylic acids is 1. The van der Waals surface area contributed by atoms with Gasteiger partial charge in [-0.3, -0.25) is 9.79 Å². The number of anilines is 1. The topological polar surface area (TPSA) is 75.2 Å². The van der Waals surface area contributed by atoms with Crippen molar-refractivity contribution >= 4 is 17.6 Å². The predicted octanol–water partition coefficient (Wildman–Crippen LogP) is 2.74. The monoisotopic (exact) mass is 378 g/mol. The number of nitrogens with zero attached hydrogens (tertiary/aromatic N) is 2. The lowest BCUT2D eigenvalue weighted by Gasteiger charge is -2.18. The molecule has 0 saturated heterocycles. The summed E-state index contributed by atoms with van der Waals surface area (Å²) in [4.78, 5) is 18.4. The van der Waals surface area contributed by atoms with Crippen molar-refractivity contribution in [3.8, 4) is 5.75 Å². The van der Waals surface area contributed by atoms with Crippen molar-refractivity contribution in [3.05, 3.63) is 24.3 Å². The number of hydrogen-bond donors (Lipinski definition) is 2. The Bertz CT molecular complexity index is 574. The van der Waals surface area contributed by atoms with E-state index >= 15 is 0 Å². The molecule has 1 amide bonds. The average Bonchev–Trinajstić information content (AvgIpc) is 2.67. The van der Waals surface area contributed by atoms with Gasteiger partial charge in [-0.1, -0.05) is 6.07 Å². The molecule has 2 N–H and O–H groups in total. The Morgan fingerprint density at radius 2 is 1.96 bits per heavy atom. The number of benzene rings is 1. The van der Waals surface area contributed by atoms with Gasteiger partial charge < -0.3 is 25.0 Å². The van der Waals surface area contributed by atoms with Crippen molar-refractivity contribution in [1.82, 2.24) is 10.2 Å². The van der Waals surface area contributed by atoms with E-state index < -0.39 is 0 Å². The van der Waals surface area contributed by atoms with E-state index in [1.165, 1.54) is 0 Å². The van der Waals surface area contributed by atoms with Crippen LogP contribution in [0.4, 0.5) is 5.69 Å². The van der Waals surface area contributed by atoms with Gasteiger partial charge in [-0.2, -0.15) is 0 Å². The number of guanidine groups is 1.